The van der Waals surface area contributed by atoms with Gasteiger partial charge in [-0.15, -0.1) is 0 Å². The van der Waals surface area contributed by atoms with E-state index in [0.717, 1.165) is 12.8 Å². The summed E-state index contributed by atoms with van der Waals surface area (Å²) in [5.74, 6) is 4.90. The van der Waals surface area contributed by atoms with Gasteiger partial charge < -0.3 is 16.4 Å². The number of nitrogens with zero attached hydrogens (tertiary/aromatic N) is 2. The van der Waals surface area contributed by atoms with Crippen LogP contribution in [0.2, 0.25) is 5.02 Å². The molecular formula is C19H15ClF3N5O. The van der Waals surface area contributed by atoms with E-state index < -0.39 is 17.7 Å². The number of nitrogens with two attached hydrogens (primary N) is 1. The van der Waals surface area contributed by atoms with Crippen molar-refractivity contribution in [2.75, 3.05) is 11.1 Å². The molecule has 0 unspecified atom stereocenters. The molecule has 4 rings (SSSR count). The van der Waals surface area contributed by atoms with Crippen LogP contribution >= 0.6 is 11.6 Å². The number of hydrogen-bond acceptors (Lipinski definition) is 4. The molecule has 29 heavy (non-hydrogen) atoms. The van der Waals surface area contributed by atoms with Gasteiger partial charge in [0.2, 0.25) is 11.5 Å². The minimum Gasteiger partial charge on any atom is -0.368 e. The van der Waals surface area contributed by atoms with Crippen molar-refractivity contribution < 1.29 is 18.0 Å². The third-order valence-corrected chi connectivity index (χ3v) is 5.06. The summed E-state index contributed by atoms with van der Waals surface area (Å²) in [6.07, 6.45) is -1.66. The fourth-order valence-electron chi connectivity index (χ4n) is 3.10. The van der Waals surface area contributed by atoms with Crippen molar-refractivity contribution in [1.29, 1.82) is 0 Å². The summed E-state index contributed by atoms with van der Waals surface area (Å²) in [5, 5.41) is 4.49. The number of rotatable bonds is 2. The zero-order valence-corrected chi connectivity index (χ0v) is 15.7. The molecule has 2 heterocycles. The molecule has 1 aromatic heterocycles. The summed E-state index contributed by atoms with van der Waals surface area (Å²) in [7, 11) is 0. The number of benzene rings is 1. The number of carbonyl (C=O) groups excluding carboxylic acids is 1. The third kappa shape index (κ3) is 3.68. The lowest BCUT2D eigenvalue weighted by Gasteiger charge is -2.37. The topological polar surface area (TPSA) is 92.9 Å². The highest BCUT2D eigenvalue weighted by Gasteiger charge is 2.59. The lowest BCUT2D eigenvalue weighted by Crippen LogP contribution is -2.59. The summed E-state index contributed by atoms with van der Waals surface area (Å²) in [5.41, 5.74) is 3.52. The molecule has 0 spiro atoms. The highest BCUT2D eigenvalue weighted by molar-refractivity contribution is 6.31. The van der Waals surface area contributed by atoms with Crippen molar-refractivity contribution in [3.63, 3.8) is 0 Å². The van der Waals surface area contributed by atoms with Crippen LogP contribution in [0.15, 0.2) is 24.4 Å². The van der Waals surface area contributed by atoms with Crippen LogP contribution in [0.1, 0.15) is 29.7 Å². The molecule has 2 aromatic rings. The Morgan fingerprint density at radius 1 is 1.34 bits per heavy atom. The molecule has 6 nitrogen and oxygen atoms in total. The zero-order valence-electron chi connectivity index (χ0n) is 14.9. The highest BCUT2D eigenvalue weighted by Crippen LogP contribution is 2.46. The van der Waals surface area contributed by atoms with E-state index >= 15 is 0 Å². The molecule has 150 valence electrons. The smallest absolute Gasteiger partial charge is 0.368 e. The Morgan fingerprint density at radius 3 is 2.76 bits per heavy atom. The van der Waals surface area contributed by atoms with Crippen molar-refractivity contribution in [2.24, 2.45) is 5.92 Å². The molecule has 10 heteroatoms. The third-order valence-electron chi connectivity index (χ3n) is 4.71. The predicted octanol–water partition coefficient (Wildman–Crippen LogP) is 3.61. The normalized spacial score (nSPS) is 20.8. The molecule has 1 aliphatic heterocycles. The monoisotopic (exact) mass is 421 g/mol. The largest absolute Gasteiger partial charge is 0.427 e. The maximum Gasteiger partial charge on any atom is 0.427 e. The van der Waals surface area contributed by atoms with Crippen molar-refractivity contribution in [3.05, 3.63) is 46.2 Å². The lowest BCUT2D eigenvalue weighted by atomic mass is 9.85. The number of anilines is 2. The van der Waals surface area contributed by atoms with E-state index in [1.807, 2.05) is 5.32 Å². The fourth-order valence-corrected chi connectivity index (χ4v) is 3.33. The number of halogens is 4. The molecule has 1 fully saturated rings. The van der Waals surface area contributed by atoms with Gasteiger partial charge in [0.25, 0.3) is 0 Å². The van der Waals surface area contributed by atoms with Crippen LogP contribution in [0.4, 0.5) is 29.6 Å². The molecule has 1 saturated carbocycles. The van der Waals surface area contributed by atoms with Gasteiger partial charge in [0.15, 0.2) is 0 Å². The Morgan fingerprint density at radius 2 is 2.10 bits per heavy atom. The maximum atomic E-state index is 14.1. The molecule has 2 amide bonds. The van der Waals surface area contributed by atoms with Gasteiger partial charge in [0.1, 0.15) is 0 Å². The summed E-state index contributed by atoms with van der Waals surface area (Å²) >= 11 is 6.31. The van der Waals surface area contributed by atoms with E-state index in [-0.39, 0.29) is 34.6 Å². The first kappa shape index (κ1) is 19.3. The Balaban J connectivity index is 1.81. The van der Waals surface area contributed by atoms with Crippen LogP contribution in [-0.2, 0) is 12.0 Å². The molecular weight excluding hydrogens is 407 g/mol. The van der Waals surface area contributed by atoms with E-state index in [2.05, 4.69) is 27.1 Å². The Bertz CT molecular complexity index is 1060. The fraction of sp³-hybridized carbons (Fsp3) is 0.316. The van der Waals surface area contributed by atoms with E-state index in [4.69, 9.17) is 17.3 Å². The van der Waals surface area contributed by atoms with E-state index in [9.17, 15) is 18.0 Å². The molecule has 4 N–H and O–H groups in total. The molecule has 1 aliphatic carbocycles. The van der Waals surface area contributed by atoms with Gasteiger partial charge in [-0.3, -0.25) is 0 Å². The number of urea groups is 1. The SMILES string of the molecule is Nc1nccc(Cc2cc3c(cc2Cl)[C@@](C#CC2CC2)(C(F)(F)F)NC(=O)N3)n1. The number of fused-ring (bicyclic) bond motifs is 1. The minimum absolute atomic E-state index is 0.00222. The Kier molecular flexibility index (Phi) is 4.54. The van der Waals surface area contributed by atoms with Crippen LogP contribution < -0.4 is 16.4 Å². The van der Waals surface area contributed by atoms with Gasteiger partial charge in [0.05, 0.1) is 5.69 Å². The zero-order chi connectivity index (χ0) is 20.8. The van der Waals surface area contributed by atoms with E-state index in [1.54, 1.807) is 6.07 Å². The number of aromatic nitrogens is 2. The number of nitrogen functional groups attached to an aromatic ring is 1. The van der Waals surface area contributed by atoms with Crippen LogP contribution in [-0.4, -0.2) is 22.2 Å². The average molecular weight is 422 g/mol. The number of hydrogen-bond donors (Lipinski definition) is 3. The van der Waals surface area contributed by atoms with Crippen LogP contribution in [0.3, 0.4) is 0 Å². The predicted molar refractivity (Wildman–Crippen MR) is 101 cm³/mol. The molecule has 0 bridgehead atoms. The van der Waals surface area contributed by atoms with Crippen LogP contribution in [0, 0.1) is 17.8 Å². The summed E-state index contributed by atoms with van der Waals surface area (Å²) in [6, 6.07) is 3.24. The minimum atomic E-state index is -4.84. The summed E-state index contributed by atoms with van der Waals surface area (Å²) in [6.45, 7) is 0. The number of nitrogens with one attached hydrogen (secondary N) is 2. The maximum absolute atomic E-state index is 14.1. The van der Waals surface area contributed by atoms with Crippen LogP contribution in [0.25, 0.3) is 0 Å². The number of carbonyl (C=O) groups is 1. The van der Waals surface area contributed by atoms with Gasteiger partial charge in [0, 0.05) is 34.8 Å². The van der Waals surface area contributed by atoms with E-state index in [1.165, 1.54) is 18.3 Å². The Labute approximate surface area is 169 Å². The van der Waals surface area contributed by atoms with Crippen LogP contribution in [0.5, 0.6) is 0 Å². The summed E-state index contributed by atoms with van der Waals surface area (Å²) < 4.78 is 42.4. The molecule has 1 atom stereocenters. The highest BCUT2D eigenvalue weighted by atomic mass is 35.5. The molecule has 1 aromatic carbocycles. The van der Waals surface area contributed by atoms with Gasteiger partial charge in [-0.25, -0.2) is 14.8 Å². The van der Waals surface area contributed by atoms with Crippen molar-refractivity contribution in [2.45, 2.75) is 31.0 Å². The van der Waals surface area contributed by atoms with Gasteiger partial charge >= 0.3 is 12.2 Å². The number of amides is 2. The second-order valence-electron chi connectivity index (χ2n) is 6.94. The first-order chi connectivity index (χ1) is 13.7. The lowest BCUT2D eigenvalue weighted by molar-refractivity contribution is -0.178. The first-order valence-electron chi connectivity index (χ1n) is 8.77. The second kappa shape index (κ2) is 6.81. The molecule has 0 saturated heterocycles. The molecule has 0 radical (unpaired) electrons. The van der Waals surface area contributed by atoms with Gasteiger partial charge in [-0.05, 0) is 36.6 Å². The summed E-state index contributed by atoms with van der Waals surface area (Å²) in [4.78, 5) is 20.0. The van der Waals surface area contributed by atoms with Crippen molar-refractivity contribution in [1.82, 2.24) is 15.3 Å². The number of alkyl halides is 3. The average Bonchev–Trinajstić information content (AvgIpc) is 3.44. The van der Waals surface area contributed by atoms with Crippen molar-refractivity contribution in [3.8, 4) is 11.8 Å². The first-order valence-corrected chi connectivity index (χ1v) is 9.14. The molecule has 2 aliphatic rings. The quantitative estimate of drug-likeness (QED) is 0.646. The van der Waals surface area contributed by atoms with Gasteiger partial charge in [-0.1, -0.05) is 23.4 Å². The van der Waals surface area contributed by atoms with Gasteiger partial charge in [-0.2, -0.15) is 13.2 Å². The van der Waals surface area contributed by atoms with E-state index in [0.29, 0.717) is 11.3 Å². The standard InChI is InChI=1S/C19H15ClF3N5O/c20-14-9-13-15(8-11(14)7-12-4-6-25-16(24)26-12)27-17(29)28-18(13,19(21,22)23)5-3-10-1-2-10/h4,6,8-10H,1-2,7H2,(H2,24,25,26)(H2,27,28,29)/t18-/m0/s1. The second-order valence-corrected chi connectivity index (χ2v) is 7.35. The van der Waals surface area contributed by atoms with Crippen molar-refractivity contribution >= 4 is 29.3 Å². The Hall–Kier alpha value is -2.99.